The Balaban J connectivity index is 2.00. The van der Waals surface area contributed by atoms with Crippen molar-refractivity contribution in [1.29, 1.82) is 0 Å². The highest BCUT2D eigenvalue weighted by Crippen LogP contribution is 2.27. The summed E-state index contributed by atoms with van der Waals surface area (Å²) < 4.78 is 0. The van der Waals surface area contributed by atoms with Crippen LogP contribution in [0.25, 0.3) is 10.2 Å². The lowest BCUT2D eigenvalue weighted by Gasteiger charge is -2.28. The van der Waals surface area contributed by atoms with Crippen molar-refractivity contribution in [3.63, 3.8) is 0 Å². The van der Waals surface area contributed by atoms with Crippen LogP contribution in [0, 0.1) is 6.92 Å². The van der Waals surface area contributed by atoms with E-state index >= 15 is 0 Å². The molecule has 5 heteroatoms. The maximum Gasteiger partial charge on any atom is 0.138 e. The first kappa shape index (κ1) is 9.06. The largest absolute Gasteiger partial charge is 0.364 e. The molecule has 0 saturated carbocycles. The summed E-state index contributed by atoms with van der Waals surface area (Å²) in [4.78, 5) is 10.9. The van der Waals surface area contributed by atoms with Crippen LogP contribution >= 0.6 is 11.3 Å². The Morgan fingerprint density at radius 2 is 2.33 bits per heavy atom. The van der Waals surface area contributed by atoms with E-state index in [9.17, 15) is 0 Å². The number of rotatable bonds is 2. The molecule has 0 spiro atoms. The SMILES string of the molecule is Cc1cc2c(NC3CNC3)ncnc2s1. The molecule has 3 rings (SSSR count). The minimum Gasteiger partial charge on any atom is -0.364 e. The number of anilines is 1. The Hall–Kier alpha value is -1.20. The number of aromatic nitrogens is 2. The van der Waals surface area contributed by atoms with E-state index in [0.717, 1.165) is 29.1 Å². The van der Waals surface area contributed by atoms with E-state index in [1.54, 1.807) is 17.7 Å². The van der Waals surface area contributed by atoms with Gasteiger partial charge in [0.1, 0.15) is 17.0 Å². The second-order valence-electron chi connectivity index (χ2n) is 3.80. The van der Waals surface area contributed by atoms with Crippen molar-refractivity contribution in [2.45, 2.75) is 13.0 Å². The minimum absolute atomic E-state index is 0.517. The molecule has 2 aromatic heterocycles. The van der Waals surface area contributed by atoms with Gasteiger partial charge in [0.15, 0.2) is 0 Å². The maximum absolute atomic E-state index is 4.30. The fourth-order valence-corrected chi connectivity index (χ4v) is 2.52. The van der Waals surface area contributed by atoms with Gasteiger partial charge in [0.25, 0.3) is 0 Å². The van der Waals surface area contributed by atoms with Crippen LogP contribution in [0.3, 0.4) is 0 Å². The summed E-state index contributed by atoms with van der Waals surface area (Å²) in [5.74, 6) is 0.968. The molecule has 0 aliphatic carbocycles. The smallest absolute Gasteiger partial charge is 0.138 e. The van der Waals surface area contributed by atoms with Gasteiger partial charge in [0, 0.05) is 18.0 Å². The van der Waals surface area contributed by atoms with Crippen LogP contribution in [0.4, 0.5) is 5.82 Å². The van der Waals surface area contributed by atoms with Gasteiger partial charge in [-0.05, 0) is 13.0 Å². The van der Waals surface area contributed by atoms with Crippen molar-refractivity contribution in [2.75, 3.05) is 18.4 Å². The van der Waals surface area contributed by atoms with Gasteiger partial charge in [-0.1, -0.05) is 0 Å². The first-order valence-electron chi connectivity index (χ1n) is 5.01. The minimum atomic E-state index is 0.517. The Kier molecular flexibility index (Phi) is 2.07. The number of nitrogens with one attached hydrogen (secondary N) is 2. The van der Waals surface area contributed by atoms with E-state index in [-0.39, 0.29) is 0 Å². The van der Waals surface area contributed by atoms with Gasteiger partial charge in [-0.25, -0.2) is 9.97 Å². The molecule has 0 atom stereocenters. The Labute approximate surface area is 91.7 Å². The molecule has 1 aliphatic rings. The van der Waals surface area contributed by atoms with Gasteiger partial charge < -0.3 is 10.6 Å². The van der Waals surface area contributed by atoms with E-state index in [1.807, 2.05) is 0 Å². The van der Waals surface area contributed by atoms with Crippen molar-refractivity contribution in [3.8, 4) is 0 Å². The molecule has 0 unspecified atom stereocenters. The second kappa shape index (κ2) is 3.43. The zero-order valence-electron chi connectivity index (χ0n) is 8.45. The third-order valence-corrected chi connectivity index (χ3v) is 3.53. The van der Waals surface area contributed by atoms with E-state index in [1.165, 1.54) is 4.88 Å². The summed E-state index contributed by atoms with van der Waals surface area (Å²) in [6.45, 7) is 4.14. The number of fused-ring (bicyclic) bond motifs is 1. The molecular weight excluding hydrogens is 208 g/mol. The molecule has 1 saturated heterocycles. The summed E-state index contributed by atoms with van der Waals surface area (Å²) in [5, 5.41) is 7.80. The van der Waals surface area contributed by atoms with Gasteiger partial charge in [-0.2, -0.15) is 0 Å². The van der Waals surface area contributed by atoms with Crippen LogP contribution in [0.2, 0.25) is 0 Å². The lowest BCUT2D eigenvalue weighted by atomic mass is 10.2. The highest BCUT2D eigenvalue weighted by atomic mass is 32.1. The molecule has 4 nitrogen and oxygen atoms in total. The molecule has 0 radical (unpaired) electrons. The zero-order chi connectivity index (χ0) is 10.3. The van der Waals surface area contributed by atoms with Crippen LogP contribution in [-0.4, -0.2) is 29.1 Å². The van der Waals surface area contributed by atoms with Gasteiger partial charge in [-0.3, -0.25) is 0 Å². The van der Waals surface area contributed by atoms with Crippen LogP contribution in [0.15, 0.2) is 12.4 Å². The van der Waals surface area contributed by atoms with Crippen LogP contribution < -0.4 is 10.6 Å². The molecule has 2 aromatic rings. The Morgan fingerprint density at radius 3 is 3.07 bits per heavy atom. The predicted molar refractivity (Wildman–Crippen MR) is 62.4 cm³/mol. The van der Waals surface area contributed by atoms with Crippen molar-refractivity contribution >= 4 is 27.4 Å². The maximum atomic E-state index is 4.30. The molecule has 2 N–H and O–H groups in total. The Morgan fingerprint density at radius 1 is 1.47 bits per heavy atom. The van der Waals surface area contributed by atoms with Crippen LogP contribution in [-0.2, 0) is 0 Å². The number of hydrogen-bond donors (Lipinski definition) is 2. The fourth-order valence-electron chi connectivity index (χ4n) is 1.68. The molecule has 3 heterocycles. The summed E-state index contributed by atoms with van der Waals surface area (Å²) in [5.41, 5.74) is 0. The van der Waals surface area contributed by atoms with Gasteiger partial charge in [0.2, 0.25) is 0 Å². The molecule has 0 amide bonds. The lowest BCUT2D eigenvalue weighted by Crippen LogP contribution is -2.51. The number of aryl methyl sites for hydroxylation is 1. The topological polar surface area (TPSA) is 49.8 Å². The summed E-state index contributed by atoms with van der Waals surface area (Å²) in [6.07, 6.45) is 1.63. The molecule has 0 bridgehead atoms. The van der Waals surface area contributed by atoms with E-state index in [4.69, 9.17) is 0 Å². The number of hydrogen-bond acceptors (Lipinski definition) is 5. The highest BCUT2D eigenvalue weighted by Gasteiger charge is 2.18. The molecular formula is C10H12N4S. The summed E-state index contributed by atoms with van der Waals surface area (Å²) in [7, 11) is 0. The van der Waals surface area contributed by atoms with Gasteiger partial charge in [0.05, 0.1) is 11.4 Å². The van der Waals surface area contributed by atoms with Crippen LogP contribution in [0.1, 0.15) is 4.88 Å². The van der Waals surface area contributed by atoms with Crippen LogP contribution in [0.5, 0.6) is 0 Å². The predicted octanol–water partition coefficient (Wildman–Crippen LogP) is 1.38. The fraction of sp³-hybridized carbons (Fsp3) is 0.400. The third-order valence-electron chi connectivity index (χ3n) is 2.57. The van der Waals surface area contributed by atoms with E-state index in [2.05, 4.69) is 33.6 Å². The first-order valence-corrected chi connectivity index (χ1v) is 5.83. The molecule has 15 heavy (non-hydrogen) atoms. The monoisotopic (exact) mass is 220 g/mol. The highest BCUT2D eigenvalue weighted by molar-refractivity contribution is 7.18. The normalized spacial score (nSPS) is 16.6. The Bertz CT molecular complexity index is 489. The van der Waals surface area contributed by atoms with Crippen molar-refractivity contribution < 1.29 is 0 Å². The summed E-state index contributed by atoms with van der Waals surface area (Å²) >= 11 is 1.71. The zero-order valence-corrected chi connectivity index (χ0v) is 9.27. The quantitative estimate of drug-likeness (QED) is 0.803. The lowest BCUT2D eigenvalue weighted by molar-refractivity contribution is 0.471. The van der Waals surface area contributed by atoms with Gasteiger partial charge >= 0.3 is 0 Å². The van der Waals surface area contributed by atoms with Crippen molar-refractivity contribution in [2.24, 2.45) is 0 Å². The van der Waals surface area contributed by atoms with E-state index in [0.29, 0.717) is 6.04 Å². The third kappa shape index (κ3) is 1.57. The number of thiophene rings is 1. The average molecular weight is 220 g/mol. The molecule has 1 fully saturated rings. The molecule has 0 aromatic carbocycles. The summed E-state index contributed by atoms with van der Waals surface area (Å²) in [6, 6.07) is 2.66. The van der Waals surface area contributed by atoms with E-state index < -0.39 is 0 Å². The number of nitrogens with zero attached hydrogens (tertiary/aromatic N) is 2. The molecule has 78 valence electrons. The molecule has 1 aliphatic heterocycles. The standard InChI is InChI=1S/C10H12N4S/c1-6-2-8-9(14-7-3-11-4-7)12-5-13-10(8)15-6/h2,5,7,11H,3-4H2,1H3,(H,12,13,14). The van der Waals surface area contributed by atoms with Gasteiger partial charge in [-0.15, -0.1) is 11.3 Å². The average Bonchev–Trinajstić information content (AvgIpc) is 2.52. The second-order valence-corrected chi connectivity index (χ2v) is 5.03. The van der Waals surface area contributed by atoms with Crippen molar-refractivity contribution in [3.05, 3.63) is 17.3 Å². The first-order chi connectivity index (χ1) is 7.33. The van der Waals surface area contributed by atoms with Crippen molar-refractivity contribution in [1.82, 2.24) is 15.3 Å².